The minimum absolute atomic E-state index is 0.141. The van der Waals surface area contributed by atoms with Crippen LogP contribution in [0.3, 0.4) is 0 Å². The highest BCUT2D eigenvalue weighted by Crippen LogP contribution is 2.19. The first-order chi connectivity index (χ1) is 8.24. The van der Waals surface area contributed by atoms with Crippen molar-refractivity contribution < 1.29 is 4.79 Å². The van der Waals surface area contributed by atoms with Crippen molar-refractivity contribution in [3.63, 3.8) is 0 Å². The highest BCUT2D eigenvalue weighted by molar-refractivity contribution is 5.76. The maximum Gasteiger partial charge on any atom is 0.220 e. The fourth-order valence-electron chi connectivity index (χ4n) is 2.19. The summed E-state index contributed by atoms with van der Waals surface area (Å²) in [6.45, 7) is 2.79. The number of carbonyl (C=O) groups excluding carboxylic acids is 1. The van der Waals surface area contributed by atoms with Crippen molar-refractivity contribution >= 4 is 5.91 Å². The second-order valence-electron chi connectivity index (χ2n) is 4.70. The van der Waals surface area contributed by atoms with E-state index in [0.29, 0.717) is 12.3 Å². The summed E-state index contributed by atoms with van der Waals surface area (Å²) in [6.07, 6.45) is 12.6. The zero-order valence-electron chi connectivity index (χ0n) is 10.2. The van der Waals surface area contributed by atoms with Crippen molar-refractivity contribution in [2.75, 3.05) is 0 Å². The number of nitrogens with zero attached hydrogens (tertiary/aromatic N) is 2. The number of rotatable bonds is 5. The molecule has 1 aromatic heterocycles. The van der Waals surface area contributed by atoms with Crippen LogP contribution in [0.2, 0.25) is 0 Å². The molecule has 1 amide bonds. The van der Waals surface area contributed by atoms with E-state index in [1.54, 1.807) is 12.5 Å². The third-order valence-corrected chi connectivity index (χ3v) is 3.01. The van der Waals surface area contributed by atoms with E-state index in [4.69, 9.17) is 0 Å². The molecule has 0 aromatic carbocycles. The molecule has 0 radical (unpaired) electrons. The molecule has 4 nitrogen and oxygen atoms in total. The van der Waals surface area contributed by atoms with E-state index < -0.39 is 0 Å². The van der Waals surface area contributed by atoms with Gasteiger partial charge in [0.15, 0.2) is 0 Å². The van der Waals surface area contributed by atoms with Gasteiger partial charge in [0.2, 0.25) is 5.91 Å². The van der Waals surface area contributed by atoms with Crippen molar-refractivity contribution in [3.8, 4) is 0 Å². The van der Waals surface area contributed by atoms with E-state index in [1.807, 2.05) is 17.7 Å². The van der Waals surface area contributed by atoms with Gasteiger partial charge < -0.3 is 9.88 Å². The molecule has 0 saturated carbocycles. The maximum atomic E-state index is 11.8. The Kier molecular flexibility index (Phi) is 3.96. The minimum atomic E-state index is 0.141. The molecule has 0 bridgehead atoms. The number of nitrogens with one attached hydrogen (secondary N) is 1. The van der Waals surface area contributed by atoms with Gasteiger partial charge in [-0.05, 0) is 25.7 Å². The number of aromatic nitrogens is 2. The molecule has 1 aliphatic carbocycles. The Morgan fingerprint density at radius 2 is 2.53 bits per heavy atom. The van der Waals surface area contributed by atoms with Gasteiger partial charge in [0.25, 0.3) is 0 Å². The lowest BCUT2D eigenvalue weighted by molar-refractivity contribution is -0.122. The third-order valence-electron chi connectivity index (χ3n) is 3.01. The lowest BCUT2D eigenvalue weighted by Crippen LogP contribution is -2.36. The van der Waals surface area contributed by atoms with Gasteiger partial charge in [-0.2, -0.15) is 0 Å². The number of imidazole rings is 1. The number of allylic oxidation sites excluding steroid dienone is 2. The molecule has 1 heterocycles. The Hall–Kier alpha value is -1.58. The third kappa shape index (κ3) is 3.73. The van der Waals surface area contributed by atoms with Crippen molar-refractivity contribution in [1.29, 1.82) is 0 Å². The van der Waals surface area contributed by atoms with E-state index in [9.17, 15) is 4.79 Å². The predicted octanol–water partition coefficient (Wildman–Crippen LogP) is 1.74. The first-order valence-corrected chi connectivity index (χ1v) is 6.16. The Balaban J connectivity index is 1.72. The van der Waals surface area contributed by atoms with Gasteiger partial charge in [0.1, 0.15) is 0 Å². The predicted molar refractivity (Wildman–Crippen MR) is 66.3 cm³/mol. The van der Waals surface area contributed by atoms with Crippen LogP contribution in [-0.4, -0.2) is 21.5 Å². The van der Waals surface area contributed by atoms with Gasteiger partial charge in [-0.3, -0.25) is 4.79 Å². The van der Waals surface area contributed by atoms with Crippen LogP contribution >= 0.6 is 0 Å². The molecule has 92 valence electrons. The molecule has 1 aliphatic rings. The van der Waals surface area contributed by atoms with Gasteiger partial charge in [0, 0.05) is 31.4 Å². The van der Waals surface area contributed by atoms with Crippen LogP contribution in [-0.2, 0) is 11.3 Å². The van der Waals surface area contributed by atoms with Crippen molar-refractivity contribution in [2.45, 2.75) is 38.8 Å². The largest absolute Gasteiger partial charge is 0.352 e. The number of carbonyl (C=O) groups is 1. The van der Waals surface area contributed by atoms with E-state index in [0.717, 1.165) is 19.4 Å². The number of hydrogen-bond acceptors (Lipinski definition) is 2. The standard InChI is InChI=1S/C13H19N3O/c1-11(9-16-7-6-14-10-16)15-13(17)8-12-4-2-3-5-12/h2,4,6-7,10-12H,3,5,8-9H2,1H3,(H,15,17)/t11-,12-/m0/s1. The van der Waals surface area contributed by atoms with E-state index in [1.165, 1.54) is 0 Å². The average molecular weight is 233 g/mol. The van der Waals surface area contributed by atoms with Crippen LogP contribution in [0.15, 0.2) is 30.9 Å². The Morgan fingerprint density at radius 3 is 3.18 bits per heavy atom. The first kappa shape index (κ1) is 11.9. The van der Waals surface area contributed by atoms with Crippen LogP contribution in [0.4, 0.5) is 0 Å². The van der Waals surface area contributed by atoms with Crippen LogP contribution < -0.4 is 5.32 Å². The highest BCUT2D eigenvalue weighted by atomic mass is 16.1. The van der Waals surface area contributed by atoms with Crippen LogP contribution in [0.5, 0.6) is 0 Å². The van der Waals surface area contributed by atoms with Gasteiger partial charge in [0.05, 0.1) is 6.33 Å². The van der Waals surface area contributed by atoms with Crippen molar-refractivity contribution in [1.82, 2.24) is 14.9 Å². The minimum Gasteiger partial charge on any atom is -0.352 e. The molecule has 1 aromatic rings. The second kappa shape index (κ2) is 5.66. The molecule has 2 atom stereocenters. The van der Waals surface area contributed by atoms with Crippen molar-refractivity contribution in [2.24, 2.45) is 5.92 Å². The smallest absolute Gasteiger partial charge is 0.220 e. The molecule has 1 N–H and O–H groups in total. The normalized spacial score (nSPS) is 20.4. The zero-order chi connectivity index (χ0) is 12.1. The topological polar surface area (TPSA) is 46.9 Å². The molecule has 0 aliphatic heterocycles. The number of amides is 1. The van der Waals surface area contributed by atoms with Gasteiger partial charge >= 0.3 is 0 Å². The summed E-state index contributed by atoms with van der Waals surface area (Å²) in [4.78, 5) is 15.7. The van der Waals surface area contributed by atoms with Gasteiger partial charge in [-0.25, -0.2) is 4.98 Å². The molecule has 0 fully saturated rings. The van der Waals surface area contributed by atoms with Crippen LogP contribution in [0, 0.1) is 5.92 Å². The van der Waals surface area contributed by atoms with Gasteiger partial charge in [-0.15, -0.1) is 0 Å². The monoisotopic (exact) mass is 233 g/mol. The molecular weight excluding hydrogens is 214 g/mol. The fourth-order valence-corrected chi connectivity index (χ4v) is 2.19. The Labute approximate surface area is 102 Å². The molecular formula is C13H19N3O. The summed E-state index contributed by atoms with van der Waals surface area (Å²) < 4.78 is 1.97. The second-order valence-corrected chi connectivity index (χ2v) is 4.70. The highest BCUT2D eigenvalue weighted by Gasteiger charge is 2.15. The summed E-state index contributed by atoms with van der Waals surface area (Å²) in [5.41, 5.74) is 0. The molecule has 2 rings (SSSR count). The van der Waals surface area contributed by atoms with E-state index >= 15 is 0 Å². The van der Waals surface area contributed by atoms with Crippen LogP contribution in [0.1, 0.15) is 26.2 Å². The number of hydrogen-bond donors (Lipinski definition) is 1. The lowest BCUT2D eigenvalue weighted by atomic mass is 10.0. The summed E-state index contributed by atoms with van der Waals surface area (Å²) in [6, 6.07) is 0.141. The molecule has 0 saturated heterocycles. The summed E-state index contributed by atoms with van der Waals surface area (Å²) in [7, 11) is 0. The summed E-state index contributed by atoms with van der Waals surface area (Å²) in [5.74, 6) is 0.588. The van der Waals surface area contributed by atoms with Gasteiger partial charge in [-0.1, -0.05) is 12.2 Å². The lowest BCUT2D eigenvalue weighted by Gasteiger charge is -2.15. The summed E-state index contributed by atoms with van der Waals surface area (Å²) >= 11 is 0. The molecule has 4 heteroatoms. The maximum absolute atomic E-state index is 11.8. The Morgan fingerprint density at radius 1 is 1.65 bits per heavy atom. The summed E-state index contributed by atoms with van der Waals surface area (Å²) in [5, 5.41) is 3.02. The zero-order valence-corrected chi connectivity index (χ0v) is 10.2. The quantitative estimate of drug-likeness (QED) is 0.787. The van der Waals surface area contributed by atoms with E-state index in [2.05, 4.69) is 22.5 Å². The molecule has 0 unspecified atom stereocenters. The van der Waals surface area contributed by atoms with Crippen molar-refractivity contribution in [3.05, 3.63) is 30.9 Å². The molecule has 17 heavy (non-hydrogen) atoms. The fraction of sp³-hybridized carbons (Fsp3) is 0.538. The molecule has 0 spiro atoms. The average Bonchev–Trinajstić information content (AvgIpc) is 2.90. The first-order valence-electron chi connectivity index (χ1n) is 6.16. The van der Waals surface area contributed by atoms with Crippen LogP contribution in [0.25, 0.3) is 0 Å². The Bertz CT molecular complexity index is 383. The SMILES string of the molecule is C[C@@H](Cn1ccnc1)NC(=O)C[C@H]1C=CCC1. The van der Waals surface area contributed by atoms with E-state index in [-0.39, 0.29) is 11.9 Å².